The number of halogens is 1. The number of nitrogens with one attached hydrogen (secondary N) is 1. The van der Waals surface area contributed by atoms with Gasteiger partial charge in [0, 0.05) is 19.2 Å². The molecular weight excluding hydrogens is 217 g/mol. The van der Waals surface area contributed by atoms with Crippen molar-refractivity contribution in [2.24, 2.45) is 5.92 Å². The molecule has 1 aromatic carbocycles. The van der Waals surface area contributed by atoms with Gasteiger partial charge in [-0.1, -0.05) is 26.0 Å². The van der Waals surface area contributed by atoms with Crippen LogP contribution in [0, 0.1) is 11.7 Å². The maximum atomic E-state index is 12.7. The number of benzene rings is 1. The Bertz CT molecular complexity index is 311. The van der Waals surface area contributed by atoms with Crippen molar-refractivity contribution in [3.63, 3.8) is 0 Å². The predicted octanol–water partition coefficient (Wildman–Crippen LogP) is 2.98. The van der Waals surface area contributed by atoms with Gasteiger partial charge in [-0.2, -0.15) is 0 Å². The molecule has 96 valence electrons. The molecule has 0 radical (unpaired) electrons. The minimum absolute atomic E-state index is 0.191. The molecule has 0 aliphatic rings. The van der Waals surface area contributed by atoms with Crippen molar-refractivity contribution in [2.75, 3.05) is 13.2 Å². The van der Waals surface area contributed by atoms with E-state index in [9.17, 15) is 4.39 Å². The standard InChI is InChI=1S/C14H22FNO/c1-4-17-10-14(11(2)3)16-9-12-5-7-13(15)8-6-12/h5-8,11,14,16H,4,9-10H2,1-3H3. The average Bonchev–Trinajstić information content (AvgIpc) is 2.31. The number of ether oxygens (including phenoxy) is 1. The van der Waals surface area contributed by atoms with Crippen LogP contribution in [0.1, 0.15) is 26.3 Å². The number of hydrogen-bond acceptors (Lipinski definition) is 2. The minimum Gasteiger partial charge on any atom is -0.380 e. The molecule has 1 atom stereocenters. The Morgan fingerprint density at radius 1 is 1.24 bits per heavy atom. The van der Waals surface area contributed by atoms with Crippen LogP contribution < -0.4 is 5.32 Å². The van der Waals surface area contributed by atoms with Crippen molar-refractivity contribution >= 4 is 0 Å². The SMILES string of the molecule is CCOCC(NCc1ccc(F)cc1)C(C)C. The summed E-state index contributed by atoms with van der Waals surface area (Å²) in [6, 6.07) is 6.93. The highest BCUT2D eigenvalue weighted by molar-refractivity contribution is 5.15. The van der Waals surface area contributed by atoms with Gasteiger partial charge in [-0.15, -0.1) is 0 Å². The van der Waals surface area contributed by atoms with Crippen molar-refractivity contribution in [1.82, 2.24) is 5.32 Å². The van der Waals surface area contributed by atoms with E-state index in [1.165, 1.54) is 12.1 Å². The number of hydrogen-bond donors (Lipinski definition) is 1. The molecule has 0 fully saturated rings. The summed E-state index contributed by atoms with van der Waals surface area (Å²) in [6.45, 7) is 8.53. The summed E-state index contributed by atoms with van der Waals surface area (Å²) < 4.78 is 18.2. The van der Waals surface area contributed by atoms with Crippen molar-refractivity contribution in [3.05, 3.63) is 35.6 Å². The van der Waals surface area contributed by atoms with Gasteiger partial charge in [-0.05, 0) is 30.5 Å². The molecule has 1 unspecified atom stereocenters. The van der Waals surface area contributed by atoms with Gasteiger partial charge in [0.2, 0.25) is 0 Å². The summed E-state index contributed by atoms with van der Waals surface area (Å²) in [6.07, 6.45) is 0. The fourth-order valence-electron chi connectivity index (χ4n) is 1.58. The molecule has 1 N–H and O–H groups in total. The van der Waals surface area contributed by atoms with E-state index >= 15 is 0 Å². The monoisotopic (exact) mass is 239 g/mol. The summed E-state index contributed by atoms with van der Waals surface area (Å²) in [4.78, 5) is 0. The third-order valence-corrected chi connectivity index (χ3v) is 2.79. The molecule has 0 amide bonds. The Morgan fingerprint density at radius 2 is 1.88 bits per heavy atom. The van der Waals surface area contributed by atoms with Crippen molar-refractivity contribution in [2.45, 2.75) is 33.4 Å². The first kappa shape index (κ1) is 14.1. The van der Waals surface area contributed by atoms with Gasteiger partial charge < -0.3 is 10.1 Å². The van der Waals surface area contributed by atoms with Crippen LogP contribution in [0.3, 0.4) is 0 Å². The average molecular weight is 239 g/mol. The number of rotatable bonds is 7. The van der Waals surface area contributed by atoms with E-state index in [0.717, 1.165) is 25.3 Å². The van der Waals surface area contributed by atoms with Crippen LogP contribution in [0.15, 0.2) is 24.3 Å². The Labute approximate surface area is 103 Å². The van der Waals surface area contributed by atoms with Crippen molar-refractivity contribution in [1.29, 1.82) is 0 Å². The molecule has 3 heteroatoms. The molecular formula is C14H22FNO. The van der Waals surface area contributed by atoms with E-state index in [1.807, 2.05) is 6.92 Å². The highest BCUT2D eigenvalue weighted by atomic mass is 19.1. The normalized spacial score (nSPS) is 13.0. The van der Waals surface area contributed by atoms with Crippen LogP contribution in [0.25, 0.3) is 0 Å². The first-order chi connectivity index (χ1) is 8.13. The quantitative estimate of drug-likeness (QED) is 0.790. The lowest BCUT2D eigenvalue weighted by Gasteiger charge is -2.22. The zero-order chi connectivity index (χ0) is 12.7. The second kappa shape index (κ2) is 7.41. The minimum atomic E-state index is -0.191. The Hall–Kier alpha value is -0.930. The van der Waals surface area contributed by atoms with E-state index < -0.39 is 0 Å². The maximum Gasteiger partial charge on any atom is 0.123 e. The molecule has 0 aromatic heterocycles. The van der Waals surface area contributed by atoms with Gasteiger partial charge >= 0.3 is 0 Å². The van der Waals surface area contributed by atoms with Gasteiger partial charge in [-0.3, -0.25) is 0 Å². The molecule has 0 heterocycles. The molecule has 0 aliphatic carbocycles. The van der Waals surface area contributed by atoms with E-state index in [0.29, 0.717) is 12.0 Å². The Morgan fingerprint density at radius 3 is 2.41 bits per heavy atom. The van der Waals surface area contributed by atoms with Gasteiger partial charge in [0.15, 0.2) is 0 Å². The van der Waals surface area contributed by atoms with E-state index in [2.05, 4.69) is 19.2 Å². The summed E-state index contributed by atoms with van der Waals surface area (Å²) >= 11 is 0. The van der Waals surface area contributed by atoms with Crippen molar-refractivity contribution < 1.29 is 9.13 Å². The highest BCUT2D eigenvalue weighted by Gasteiger charge is 2.12. The summed E-state index contributed by atoms with van der Waals surface area (Å²) in [5.41, 5.74) is 1.09. The Kier molecular flexibility index (Phi) is 6.16. The third-order valence-electron chi connectivity index (χ3n) is 2.79. The van der Waals surface area contributed by atoms with E-state index in [1.54, 1.807) is 12.1 Å². The lowest BCUT2D eigenvalue weighted by Crippen LogP contribution is -2.37. The summed E-state index contributed by atoms with van der Waals surface area (Å²) in [5, 5.41) is 3.44. The molecule has 1 aromatic rings. The third kappa shape index (κ3) is 5.29. The van der Waals surface area contributed by atoms with Crippen molar-refractivity contribution in [3.8, 4) is 0 Å². The second-order valence-corrected chi connectivity index (χ2v) is 4.52. The van der Waals surface area contributed by atoms with E-state index in [-0.39, 0.29) is 5.82 Å². The molecule has 0 saturated heterocycles. The molecule has 0 aliphatic heterocycles. The van der Waals surface area contributed by atoms with Gasteiger partial charge in [0.05, 0.1) is 6.61 Å². The molecule has 0 saturated carbocycles. The van der Waals surface area contributed by atoms with Crippen LogP contribution in [0.5, 0.6) is 0 Å². The van der Waals surface area contributed by atoms with Crippen LogP contribution in [0.2, 0.25) is 0 Å². The topological polar surface area (TPSA) is 21.3 Å². The first-order valence-electron chi connectivity index (χ1n) is 6.19. The predicted molar refractivity (Wildman–Crippen MR) is 68.4 cm³/mol. The second-order valence-electron chi connectivity index (χ2n) is 4.52. The van der Waals surface area contributed by atoms with Crippen LogP contribution in [-0.4, -0.2) is 19.3 Å². The maximum absolute atomic E-state index is 12.7. The summed E-state index contributed by atoms with van der Waals surface area (Å²) in [7, 11) is 0. The fraction of sp³-hybridized carbons (Fsp3) is 0.571. The molecule has 1 rings (SSSR count). The Balaban J connectivity index is 2.43. The lowest BCUT2D eigenvalue weighted by molar-refractivity contribution is 0.108. The molecule has 17 heavy (non-hydrogen) atoms. The largest absolute Gasteiger partial charge is 0.380 e. The fourth-order valence-corrected chi connectivity index (χ4v) is 1.58. The zero-order valence-corrected chi connectivity index (χ0v) is 10.9. The molecule has 2 nitrogen and oxygen atoms in total. The van der Waals surface area contributed by atoms with Crippen LogP contribution in [0.4, 0.5) is 4.39 Å². The van der Waals surface area contributed by atoms with Gasteiger partial charge in [0.25, 0.3) is 0 Å². The smallest absolute Gasteiger partial charge is 0.123 e. The van der Waals surface area contributed by atoms with Crippen LogP contribution in [-0.2, 0) is 11.3 Å². The molecule has 0 bridgehead atoms. The van der Waals surface area contributed by atoms with E-state index in [4.69, 9.17) is 4.74 Å². The summed E-state index contributed by atoms with van der Waals surface area (Å²) in [5.74, 6) is 0.325. The first-order valence-corrected chi connectivity index (χ1v) is 6.19. The highest BCUT2D eigenvalue weighted by Crippen LogP contribution is 2.06. The zero-order valence-electron chi connectivity index (χ0n) is 10.9. The van der Waals surface area contributed by atoms with Gasteiger partial charge in [0.1, 0.15) is 5.82 Å². The lowest BCUT2D eigenvalue weighted by atomic mass is 10.0. The van der Waals surface area contributed by atoms with Gasteiger partial charge in [-0.25, -0.2) is 4.39 Å². The van der Waals surface area contributed by atoms with Crippen LogP contribution >= 0.6 is 0 Å². The molecule has 0 spiro atoms.